The summed E-state index contributed by atoms with van der Waals surface area (Å²) in [5.74, 6) is 0. The first-order valence-corrected chi connectivity index (χ1v) is 4.06. The van der Waals surface area contributed by atoms with Gasteiger partial charge in [0.25, 0.3) is 0 Å². The van der Waals surface area contributed by atoms with E-state index in [9.17, 15) is 0 Å². The lowest BCUT2D eigenvalue weighted by Crippen LogP contribution is -2.03. The minimum Gasteiger partial charge on any atom is -0.0843 e. The van der Waals surface area contributed by atoms with Crippen LogP contribution in [0.2, 0.25) is 10.0 Å². The van der Waals surface area contributed by atoms with Crippen LogP contribution in [0.25, 0.3) is 0 Å². The zero-order valence-corrected chi connectivity index (χ0v) is 7.96. The van der Waals surface area contributed by atoms with Crippen molar-refractivity contribution in [2.75, 3.05) is 0 Å². The molecule has 0 saturated heterocycles. The molecule has 1 rings (SSSR count). The van der Waals surface area contributed by atoms with Crippen LogP contribution < -0.4 is 5.46 Å². The molecule has 0 atom stereocenters. The summed E-state index contributed by atoms with van der Waals surface area (Å²) in [7, 11) is 5.51. The first kappa shape index (κ1) is 8.44. The lowest BCUT2D eigenvalue weighted by Gasteiger charge is -2.00. The fraction of sp³-hybridized carbons (Fsp3) is 0. The fourth-order valence-electron chi connectivity index (χ4n) is 0.576. The second kappa shape index (κ2) is 3.16. The molecule has 0 fully saturated rings. The first-order valence-electron chi connectivity index (χ1n) is 2.51. The average molecular weight is 236 g/mol. The van der Waals surface area contributed by atoms with Crippen molar-refractivity contribution in [3.63, 3.8) is 0 Å². The summed E-state index contributed by atoms with van der Waals surface area (Å²) >= 11 is 14.5. The molecule has 0 saturated carbocycles. The summed E-state index contributed by atoms with van der Waals surface area (Å²) in [5.41, 5.74) is 0.553. The zero-order chi connectivity index (χ0) is 7.72. The van der Waals surface area contributed by atoms with Crippen molar-refractivity contribution in [3.8, 4) is 0 Å². The Bertz CT molecular complexity index is 239. The van der Waals surface area contributed by atoms with Gasteiger partial charge in [0.05, 0.1) is 5.02 Å². The Kier molecular flexibility index (Phi) is 2.67. The number of hydrogen-bond donors (Lipinski definition) is 0. The molecular weight excluding hydrogens is 234 g/mol. The van der Waals surface area contributed by atoms with Crippen molar-refractivity contribution in [1.29, 1.82) is 0 Å². The van der Waals surface area contributed by atoms with Gasteiger partial charge in [0.15, 0.2) is 0 Å². The molecule has 0 nitrogen and oxygen atoms in total. The molecule has 2 radical (unpaired) electrons. The maximum absolute atomic E-state index is 5.71. The highest BCUT2D eigenvalue weighted by Gasteiger charge is 2.00. The molecule has 0 aliphatic carbocycles. The third kappa shape index (κ3) is 1.69. The van der Waals surface area contributed by atoms with E-state index in [2.05, 4.69) is 15.9 Å². The molecule has 0 aliphatic heterocycles. The Morgan fingerprint density at radius 2 is 1.90 bits per heavy atom. The van der Waals surface area contributed by atoms with Crippen LogP contribution in [0.3, 0.4) is 0 Å². The van der Waals surface area contributed by atoms with Crippen molar-refractivity contribution < 1.29 is 0 Å². The predicted molar refractivity (Wildman–Crippen MR) is 49.6 cm³/mol. The van der Waals surface area contributed by atoms with Crippen molar-refractivity contribution in [2.24, 2.45) is 0 Å². The SMILES string of the molecule is [B]c1cc(Cl)cc(Cl)c1Br. The maximum Gasteiger partial charge on any atom is 0.115 e. The van der Waals surface area contributed by atoms with E-state index >= 15 is 0 Å². The number of rotatable bonds is 0. The second-order valence-corrected chi connectivity index (χ2v) is 3.43. The van der Waals surface area contributed by atoms with Crippen molar-refractivity contribution in [3.05, 3.63) is 26.7 Å². The third-order valence-corrected chi connectivity index (χ3v) is 2.65. The average Bonchev–Trinajstić information content (AvgIpc) is 1.82. The van der Waals surface area contributed by atoms with Gasteiger partial charge in [-0.05, 0) is 28.1 Å². The number of benzene rings is 1. The van der Waals surface area contributed by atoms with Crippen LogP contribution in [-0.2, 0) is 0 Å². The quantitative estimate of drug-likeness (QED) is 0.479. The monoisotopic (exact) mass is 234 g/mol. The lowest BCUT2D eigenvalue weighted by molar-refractivity contribution is 1.71. The standard InChI is InChI=1S/C6H2BBrCl2/c7-4-1-3(9)2-5(10)6(4)8/h1-2H. The highest BCUT2D eigenvalue weighted by molar-refractivity contribution is 9.10. The summed E-state index contributed by atoms with van der Waals surface area (Å²) in [6.45, 7) is 0. The van der Waals surface area contributed by atoms with Gasteiger partial charge in [-0.25, -0.2) is 0 Å². The van der Waals surface area contributed by atoms with Gasteiger partial charge in [-0.1, -0.05) is 28.7 Å². The molecule has 0 N–H and O–H groups in total. The second-order valence-electron chi connectivity index (χ2n) is 1.79. The summed E-state index contributed by atoms with van der Waals surface area (Å²) in [6.07, 6.45) is 0. The Morgan fingerprint density at radius 3 is 2.40 bits per heavy atom. The van der Waals surface area contributed by atoms with Crippen molar-refractivity contribution in [1.82, 2.24) is 0 Å². The minimum atomic E-state index is 0.532. The first-order chi connectivity index (χ1) is 4.61. The molecule has 50 valence electrons. The van der Waals surface area contributed by atoms with Crippen LogP contribution >= 0.6 is 39.1 Å². The molecule has 0 aromatic heterocycles. The molecule has 0 spiro atoms. The molecular formula is C6H2BBrCl2. The van der Waals surface area contributed by atoms with Gasteiger partial charge in [-0.2, -0.15) is 0 Å². The fourth-order valence-corrected chi connectivity index (χ4v) is 1.31. The molecule has 0 unspecified atom stereocenters. The number of hydrogen-bond acceptors (Lipinski definition) is 0. The van der Waals surface area contributed by atoms with Crippen LogP contribution in [0.4, 0.5) is 0 Å². The topological polar surface area (TPSA) is 0 Å². The predicted octanol–water partition coefficient (Wildman–Crippen LogP) is 2.55. The van der Waals surface area contributed by atoms with E-state index in [0.29, 0.717) is 20.0 Å². The maximum atomic E-state index is 5.71. The third-order valence-electron chi connectivity index (χ3n) is 1.02. The van der Waals surface area contributed by atoms with E-state index in [4.69, 9.17) is 31.0 Å². The molecule has 1 aromatic rings. The largest absolute Gasteiger partial charge is 0.115 e. The van der Waals surface area contributed by atoms with Gasteiger partial charge in [0.2, 0.25) is 0 Å². The van der Waals surface area contributed by atoms with Crippen LogP contribution in [0.5, 0.6) is 0 Å². The Labute approximate surface area is 79.1 Å². The van der Waals surface area contributed by atoms with E-state index in [1.165, 1.54) is 0 Å². The van der Waals surface area contributed by atoms with E-state index < -0.39 is 0 Å². The molecule has 0 amide bonds. The van der Waals surface area contributed by atoms with Crippen molar-refractivity contribution >= 4 is 52.4 Å². The zero-order valence-electron chi connectivity index (χ0n) is 4.87. The Balaban J connectivity index is 3.31. The molecule has 4 heteroatoms. The highest BCUT2D eigenvalue weighted by atomic mass is 79.9. The van der Waals surface area contributed by atoms with Gasteiger partial charge in [-0.15, -0.1) is 0 Å². The smallest absolute Gasteiger partial charge is 0.0843 e. The normalized spacial score (nSPS) is 9.90. The van der Waals surface area contributed by atoms with Crippen molar-refractivity contribution in [2.45, 2.75) is 0 Å². The van der Waals surface area contributed by atoms with Crippen LogP contribution in [0.15, 0.2) is 16.6 Å². The molecule has 10 heavy (non-hydrogen) atoms. The molecule has 0 aliphatic rings. The summed E-state index contributed by atoms with van der Waals surface area (Å²) in [4.78, 5) is 0. The van der Waals surface area contributed by atoms with E-state index in [1.807, 2.05) is 0 Å². The van der Waals surface area contributed by atoms with Gasteiger partial charge in [0, 0.05) is 9.50 Å². The minimum absolute atomic E-state index is 0.532. The Morgan fingerprint density at radius 1 is 1.30 bits per heavy atom. The molecule has 0 heterocycles. The summed E-state index contributed by atoms with van der Waals surface area (Å²) in [6, 6.07) is 3.26. The van der Waals surface area contributed by atoms with Crippen LogP contribution in [-0.4, -0.2) is 7.85 Å². The summed E-state index contributed by atoms with van der Waals surface area (Å²) < 4.78 is 0.693. The van der Waals surface area contributed by atoms with E-state index in [-0.39, 0.29) is 0 Å². The van der Waals surface area contributed by atoms with E-state index in [1.54, 1.807) is 12.1 Å². The molecule has 1 aromatic carbocycles. The van der Waals surface area contributed by atoms with Crippen LogP contribution in [0.1, 0.15) is 0 Å². The van der Waals surface area contributed by atoms with E-state index in [0.717, 1.165) is 0 Å². The van der Waals surface area contributed by atoms with Gasteiger partial charge < -0.3 is 0 Å². The number of halogens is 3. The lowest BCUT2D eigenvalue weighted by atomic mass is 9.97. The molecule has 0 bridgehead atoms. The van der Waals surface area contributed by atoms with Crippen LogP contribution in [0, 0.1) is 0 Å². The van der Waals surface area contributed by atoms with Gasteiger partial charge >= 0.3 is 0 Å². The Hall–Kier alpha value is 0.345. The van der Waals surface area contributed by atoms with Gasteiger partial charge in [-0.3, -0.25) is 0 Å². The highest BCUT2D eigenvalue weighted by Crippen LogP contribution is 2.22. The summed E-state index contributed by atoms with van der Waals surface area (Å²) in [5, 5.41) is 1.08. The van der Waals surface area contributed by atoms with Gasteiger partial charge in [0.1, 0.15) is 7.85 Å².